The molecule has 0 aliphatic carbocycles. The smallest absolute Gasteiger partial charge is 0.284 e. The predicted molar refractivity (Wildman–Crippen MR) is 88.6 cm³/mol. The number of hydrogen-bond acceptors (Lipinski definition) is 3. The molecule has 0 saturated carbocycles. The lowest BCUT2D eigenvalue weighted by atomic mass is 9.97. The Morgan fingerprint density at radius 3 is 2.26 bits per heavy atom. The van der Waals surface area contributed by atoms with Crippen molar-refractivity contribution in [3.05, 3.63) is 41.6 Å². The lowest BCUT2D eigenvalue weighted by molar-refractivity contribution is 0.426. The van der Waals surface area contributed by atoms with E-state index in [1.54, 1.807) is 7.05 Å². The zero-order chi connectivity index (χ0) is 17.4. The van der Waals surface area contributed by atoms with Crippen LogP contribution in [0.4, 0.5) is 10.1 Å². The van der Waals surface area contributed by atoms with Gasteiger partial charge in [0, 0.05) is 13.6 Å². The van der Waals surface area contributed by atoms with Crippen molar-refractivity contribution < 1.29 is 12.8 Å². The molecule has 0 N–H and O–H groups in total. The predicted octanol–water partition coefficient (Wildman–Crippen LogP) is 3.45. The maximum absolute atomic E-state index is 13.2. The molecule has 0 fully saturated rings. The van der Waals surface area contributed by atoms with Crippen LogP contribution in [0.3, 0.4) is 0 Å². The highest BCUT2D eigenvalue weighted by atomic mass is 35.5. The molecule has 0 saturated heterocycles. The largest absolute Gasteiger partial charge is 0.324 e. The average molecular weight is 360 g/mol. The van der Waals surface area contributed by atoms with Gasteiger partial charge in [-0.3, -0.25) is 4.31 Å². The zero-order valence-corrected chi connectivity index (χ0v) is 15.0. The summed E-state index contributed by atoms with van der Waals surface area (Å²) in [6.45, 7) is 5.95. The van der Waals surface area contributed by atoms with Crippen LogP contribution >= 0.6 is 11.6 Å². The fourth-order valence-electron chi connectivity index (χ4n) is 2.02. The molecule has 2 aromatic rings. The first-order valence-corrected chi connectivity index (χ1v) is 8.79. The molecule has 0 aliphatic rings. The van der Waals surface area contributed by atoms with Gasteiger partial charge < -0.3 is 4.57 Å². The second-order valence-corrected chi connectivity index (χ2v) is 8.64. The van der Waals surface area contributed by atoms with Gasteiger partial charge in [0.25, 0.3) is 10.0 Å². The van der Waals surface area contributed by atoms with Crippen LogP contribution in [0, 0.1) is 11.2 Å². The summed E-state index contributed by atoms with van der Waals surface area (Å²) in [5.41, 5.74) is 0.0472. The Kier molecular flexibility index (Phi) is 4.73. The van der Waals surface area contributed by atoms with Crippen molar-refractivity contribution in [3.63, 3.8) is 0 Å². The highest BCUT2D eigenvalue weighted by molar-refractivity contribution is 7.92. The van der Waals surface area contributed by atoms with Crippen molar-refractivity contribution in [3.8, 4) is 0 Å². The van der Waals surface area contributed by atoms with Gasteiger partial charge in [0.15, 0.2) is 0 Å². The Hall–Kier alpha value is -1.60. The van der Waals surface area contributed by atoms with Gasteiger partial charge in [0.05, 0.1) is 12.0 Å². The lowest BCUT2D eigenvalue weighted by Crippen LogP contribution is -2.38. The second kappa shape index (κ2) is 6.13. The molecule has 0 bridgehead atoms. The molecule has 0 atom stereocenters. The molecular weight excluding hydrogens is 341 g/mol. The van der Waals surface area contributed by atoms with E-state index in [1.807, 2.05) is 20.8 Å². The molecule has 1 heterocycles. The number of aryl methyl sites for hydroxylation is 1. The van der Waals surface area contributed by atoms with Gasteiger partial charge in [-0.25, -0.2) is 9.37 Å². The first-order valence-electron chi connectivity index (χ1n) is 6.97. The molecule has 126 valence electrons. The highest BCUT2D eigenvalue weighted by Crippen LogP contribution is 2.30. The summed E-state index contributed by atoms with van der Waals surface area (Å²) in [6, 6.07) is 5.30. The zero-order valence-electron chi connectivity index (χ0n) is 13.4. The molecule has 8 heteroatoms. The van der Waals surface area contributed by atoms with Gasteiger partial charge in [0.2, 0.25) is 5.03 Å². The fourth-order valence-corrected chi connectivity index (χ4v) is 4.11. The third-order valence-corrected chi connectivity index (χ3v) is 5.37. The average Bonchev–Trinajstić information content (AvgIpc) is 2.77. The molecule has 2 rings (SSSR count). The molecule has 0 unspecified atom stereocenters. The van der Waals surface area contributed by atoms with Gasteiger partial charge in [-0.15, -0.1) is 0 Å². The standard InChI is InChI=1S/C15H19ClFN3O2S/c1-15(2,3)9-20(12-7-5-11(17)6-8-12)23(21,22)14-13(16)19(4)10-18-14/h5-8,10H,9H2,1-4H3. The fraction of sp³-hybridized carbons (Fsp3) is 0.400. The van der Waals surface area contributed by atoms with Gasteiger partial charge in [-0.1, -0.05) is 32.4 Å². The second-order valence-electron chi connectivity index (χ2n) is 6.50. The molecule has 1 aromatic heterocycles. The molecule has 0 aliphatic heterocycles. The van der Waals surface area contributed by atoms with Crippen molar-refractivity contribution in [2.45, 2.75) is 25.8 Å². The summed E-state index contributed by atoms with van der Waals surface area (Å²) in [7, 11) is -2.35. The quantitative estimate of drug-likeness (QED) is 0.840. The molecule has 0 amide bonds. The van der Waals surface area contributed by atoms with Crippen LogP contribution in [-0.4, -0.2) is 24.5 Å². The summed E-state index contributed by atoms with van der Waals surface area (Å²) in [4.78, 5) is 3.91. The summed E-state index contributed by atoms with van der Waals surface area (Å²) in [6.07, 6.45) is 1.34. The monoisotopic (exact) mass is 359 g/mol. The van der Waals surface area contributed by atoms with Crippen molar-refractivity contribution >= 4 is 27.3 Å². The Balaban J connectivity index is 2.56. The number of nitrogens with zero attached hydrogens (tertiary/aromatic N) is 3. The Labute approximate surface area is 140 Å². The molecule has 5 nitrogen and oxygen atoms in total. The normalized spacial score (nSPS) is 12.4. The van der Waals surface area contributed by atoms with Gasteiger partial charge in [-0.05, 0) is 29.7 Å². The van der Waals surface area contributed by atoms with Crippen molar-refractivity contribution in [2.75, 3.05) is 10.8 Å². The summed E-state index contributed by atoms with van der Waals surface area (Å²) in [5.74, 6) is -0.433. The molecular formula is C15H19ClFN3O2S. The van der Waals surface area contributed by atoms with E-state index in [-0.39, 0.29) is 22.1 Å². The Morgan fingerprint density at radius 1 is 1.26 bits per heavy atom. The van der Waals surface area contributed by atoms with E-state index >= 15 is 0 Å². The van der Waals surface area contributed by atoms with Crippen LogP contribution < -0.4 is 4.31 Å². The topological polar surface area (TPSA) is 55.2 Å². The third kappa shape index (κ3) is 3.84. The summed E-state index contributed by atoms with van der Waals surface area (Å²) >= 11 is 6.06. The molecule has 0 spiro atoms. The third-order valence-electron chi connectivity index (χ3n) is 3.10. The van der Waals surface area contributed by atoms with Crippen LogP contribution in [0.5, 0.6) is 0 Å². The maximum Gasteiger partial charge on any atom is 0.284 e. The van der Waals surface area contributed by atoms with Crippen LogP contribution in [0.25, 0.3) is 0 Å². The van der Waals surface area contributed by atoms with E-state index in [0.717, 1.165) is 0 Å². The van der Waals surface area contributed by atoms with E-state index in [9.17, 15) is 12.8 Å². The Morgan fingerprint density at radius 2 is 1.83 bits per heavy atom. The van der Waals surface area contributed by atoms with Crippen LogP contribution in [0.1, 0.15) is 20.8 Å². The Bertz CT molecular complexity index is 795. The number of hydrogen-bond donors (Lipinski definition) is 0. The SMILES string of the molecule is Cn1cnc(S(=O)(=O)N(CC(C)(C)C)c2ccc(F)cc2)c1Cl. The van der Waals surface area contributed by atoms with E-state index in [0.29, 0.717) is 5.69 Å². The van der Waals surface area contributed by atoms with Crippen LogP contribution in [0.15, 0.2) is 35.6 Å². The first-order chi connectivity index (χ1) is 10.5. The number of anilines is 1. The summed E-state index contributed by atoms with van der Waals surface area (Å²) in [5, 5.41) is -0.179. The number of sulfonamides is 1. The number of halogens is 2. The van der Waals surface area contributed by atoms with Gasteiger partial charge in [-0.2, -0.15) is 8.42 Å². The van der Waals surface area contributed by atoms with Gasteiger partial charge in [0.1, 0.15) is 11.0 Å². The minimum absolute atomic E-state index is 0.0334. The van der Waals surface area contributed by atoms with Crippen molar-refractivity contribution in [1.29, 1.82) is 0 Å². The van der Waals surface area contributed by atoms with Crippen molar-refractivity contribution in [2.24, 2.45) is 12.5 Å². The minimum atomic E-state index is -3.96. The first kappa shape index (κ1) is 17.7. The number of imidazole rings is 1. The van der Waals surface area contributed by atoms with E-state index in [2.05, 4.69) is 4.98 Å². The minimum Gasteiger partial charge on any atom is -0.324 e. The maximum atomic E-state index is 13.2. The van der Waals surface area contributed by atoms with Crippen molar-refractivity contribution in [1.82, 2.24) is 9.55 Å². The van der Waals surface area contributed by atoms with E-state index < -0.39 is 15.8 Å². The number of aromatic nitrogens is 2. The number of rotatable bonds is 4. The number of benzene rings is 1. The highest BCUT2D eigenvalue weighted by Gasteiger charge is 2.33. The van der Waals surface area contributed by atoms with E-state index in [1.165, 1.54) is 39.5 Å². The summed E-state index contributed by atoms with van der Waals surface area (Å²) < 4.78 is 41.8. The van der Waals surface area contributed by atoms with E-state index in [4.69, 9.17) is 11.6 Å². The molecule has 23 heavy (non-hydrogen) atoms. The molecule has 1 aromatic carbocycles. The van der Waals surface area contributed by atoms with Crippen LogP contribution in [-0.2, 0) is 17.1 Å². The lowest BCUT2D eigenvalue weighted by Gasteiger charge is -2.30. The van der Waals surface area contributed by atoms with Gasteiger partial charge >= 0.3 is 0 Å². The molecule has 0 radical (unpaired) electrons. The van der Waals surface area contributed by atoms with Crippen LogP contribution in [0.2, 0.25) is 5.15 Å².